The number of likely N-dealkylation sites (tertiary alicyclic amines) is 1. The molecule has 1 aromatic heterocycles. The third kappa shape index (κ3) is 4.70. The number of nitrogens with one attached hydrogen (secondary N) is 1. The lowest BCUT2D eigenvalue weighted by atomic mass is 10.1. The van der Waals surface area contributed by atoms with E-state index in [1.54, 1.807) is 6.07 Å². The first-order valence-electron chi connectivity index (χ1n) is 6.57. The van der Waals surface area contributed by atoms with E-state index >= 15 is 0 Å². The number of halogens is 1. The Kier molecular flexibility index (Phi) is 5.77. The number of aryl methyl sites for hydroxylation is 1. The van der Waals surface area contributed by atoms with Crippen LogP contribution in [0.3, 0.4) is 0 Å². The van der Waals surface area contributed by atoms with Gasteiger partial charge in [-0.3, -0.25) is 4.90 Å². The minimum atomic E-state index is -3.43. The summed E-state index contributed by atoms with van der Waals surface area (Å²) in [7, 11) is -3.43. The molecule has 3 N–H and O–H groups in total. The summed E-state index contributed by atoms with van der Waals surface area (Å²) in [6, 6.07) is 1.66. The fourth-order valence-electron chi connectivity index (χ4n) is 2.27. The summed E-state index contributed by atoms with van der Waals surface area (Å²) in [4.78, 5) is 2.63. The molecule has 0 amide bonds. The Bertz CT molecular complexity index is 602. The van der Waals surface area contributed by atoms with Crippen LogP contribution in [0, 0.1) is 6.92 Å². The molecule has 0 aromatic carbocycles. The Morgan fingerprint density at radius 2 is 2.19 bits per heavy atom. The summed E-state index contributed by atoms with van der Waals surface area (Å²) >= 11 is 9.49. The van der Waals surface area contributed by atoms with Gasteiger partial charge in [0.25, 0.3) is 0 Å². The van der Waals surface area contributed by atoms with Crippen LogP contribution in [0.5, 0.6) is 0 Å². The Morgan fingerprint density at radius 1 is 1.57 bits per heavy atom. The van der Waals surface area contributed by atoms with E-state index in [0.29, 0.717) is 15.7 Å². The predicted molar refractivity (Wildman–Crippen MR) is 93.3 cm³/mol. The highest BCUT2D eigenvalue weighted by molar-refractivity contribution is 9.11. The van der Waals surface area contributed by atoms with Crippen molar-refractivity contribution in [3.05, 3.63) is 15.4 Å². The highest BCUT2D eigenvalue weighted by Crippen LogP contribution is 2.30. The zero-order valence-electron chi connectivity index (χ0n) is 11.6. The molecule has 2 heterocycles. The zero-order valence-corrected chi connectivity index (χ0v) is 15.7. The Hall–Kier alpha value is -0.0600. The van der Waals surface area contributed by atoms with Crippen LogP contribution in [0.2, 0.25) is 0 Å². The molecule has 21 heavy (non-hydrogen) atoms. The minimum absolute atomic E-state index is 0.0289. The van der Waals surface area contributed by atoms with Crippen LogP contribution >= 0.6 is 39.5 Å². The van der Waals surface area contributed by atoms with Crippen LogP contribution in [-0.2, 0) is 10.0 Å². The summed E-state index contributed by atoms with van der Waals surface area (Å²) in [6.07, 6.45) is 1.54. The van der Waals surface area contributed by atoms with Gasteiger partial charge in [-0.25, -0.2) is 13.1 Å². The van der Waals surface area contributed by atoms with Gasteiger partial charge in [0.15, 0.2) is 0 Å². The van der Waals surface area contributed by atoms with E-state index in [4.69, 9.17) is 18.0 Å². The first-order valence-corrected chi connectivity index (χ1v) is 10.1. The van der Waals surface area contributed by atoms with E-state index in [1.165, 1.54) is 11.3 Å². The molecule has 9 heteroatoms. The monoisotopic (exact) mass is 411 g/mol. The third-order valence-electron chi connectivity index (χ3n) is 3.39. The van der Waals surface area contributed by atoms with E-state index in [1.807, 2.05) is 6.92 Å². The maximum Gasteiger partial charge on any atom is 0.250 e. The predicted octanol–water partition coefficient (Wildman–Crippen LogP) is 1.85. The van der Waals surface area contributed by atoms with Crippen LogP contribution in [0.1, 0.15) is 18.4 Å². The van der Waals surface area contributed by atoms with Crippen LogP contribution in [-0.4, -0.2) is 44.0 Å². The van der Waals surface area contributed by atoms with Gasteiger partial charge in [-0.05, 0) is 47.3 Å². The fourth-order valence-corrected chi connectivity index (χ4v) is 6.00. The number of thiocarbonyl (C=S) groups is 1. The molecule has 0 aliphatic carbocycles. The molecule has 5 nitrogen and oxygen atoms in total. The van der Waals surface area contributed by atoms with Crippen molar-refractivity contribution in [1.29, 1.82) is 0 Å². The van der Waals surface area contributed by atoms with Crippen molar-refractivity contribution in [2.45, 2.75) is 30.0 Å². The molecule has 0 radical (unpaired) electrons. The highest BCUT2D eigenvalue weighted by Gasteiger charge is 2.26. The van der Waals surface area contributed by atoms with Gasteiger partial charge in [0.05, 0.1) is 8.77 Å². The smallest absolute Gasteiger partial charge is 0.250 e. The fraction of sp³-hybridized carbons (Fsp3) is 0.583. The molecule has 118 valence electrons. The van der Waals surface area contributed by atoms with Crippen LogP contribution in [0.15, 0.2) is 14.1 Å². The normalized spacial score (nSPS) is 18.0. The summed E-state index contributed by atoms with van der Waals surface area (Å²) in [5, 5.41) is 0. The molecule has 1 aliphatic rings. The highest BCUT2D eigenvalue weighted by atomic mass is 79.9. The minimum Gasteiger partial charge on any atom is -0.392 e. The number of sulfonamides is 1. The second-order valence-electron chi connectivity index (χ2n) is 5.16. The maximum absolute atomic E-state index is 12.3. The van der Waals surface area contributed by atoms with E-state index in [-0.39, 0.29) is 6.04 Å². The van der Waals surface area contributed by atoms with E-state index in [0.717, 1.165) is 35.3 Å². The topological polar surface area (TPSA) is 75.4 Å². The van der Waals surface area contributed by atoms with Crippen molar-refractivity contribution < 1.29 is 8.42 Å². The number of nitrogens with zero attached hydrogens (tertiary/aromatic N) is 1. The molecule has 0 unspecified atom stereocenters. The molecule has 2 rings (SSSR count). The second-order valence-corrected chi connectivity index (χ2v) is 10.00. The lowest BCUT2D eigenvalue weighted by Gasteiger charge is -2.31. The summed E-state index contributed by atoms with van der Waals surface area (Å²) in [6.45, 7) is 4.09. The summed E-state index contributed by atoms with van der Waals surface area (Å²) in [5.41, 5.74) is 6.46. The van der Waals surface area contributed by atoms with Gasteiger partial charge >= 0.3 is 0 Å². The van der Waals surface area contributed by atoms with Gasteiger partial charge in [-0.1, -0.05) is 12.2 Å². The number of rotatable bonds is 5. The Balaban J connectivity index is 1.95. The van der Waals surface area contributed by atoms with Crippen molar-refractivity contribution >= 4 is 54.5 Å². The number of hydrogen-bond donors (Lipinski definition) is 2. The molecular formula is C12H18BrN3O2S3. The van der Waals surface area contributed by atoms with Gasteiger partial charge in [0, 0.05) is 25.7 Å². The van der Waals surface area contributed by atoms with Crippen LogP contribution in [0.4, 0.5) is 0 Å². The summed E-state index contributed by atoms with van der Waals surface area (Å²) < 4.78 is 28.7. The zero-order chi connectivity index (χ0) is 15.6. The maximum atomic E-state index is 12.3. The lowest BCUT2D eigenvalue weighted by molar-refractivity contribution is 0.233. The third-order valence-corrected chi connectivity index (χ3v) is 7.65. The van der Waals surface area contributed by atoms with E-state index in [9.17, 15) is 8.42 Å². The van der Waals surface area contributed by atoms with Crippen LogP contribution < -0.4 is 10.5 Å². The molecule has 1 aliphatic heterocycles. The van der Waals surface area contributed by atoms with Crippen LogP contribution in [0.25, 0.3) is 0 Å². The second kappa shape index (κ2) is 7.01. The largest absolute Gasteiger partial charge is 0.392 e. The van der Waals surface area contributed by atoms with E-state index in [2.05, 4.69) is 25.6 Å². The number of nitrogens with two attached hydrogens (primary N) is 1. The SMILES string of the molecule is Cc1cc(S(=O)(=O)NC2CCN(CC(N)=S)CC2)sc1Br. The number of piperidine rings is 1. The lowest BCUT2D eigenvalue weighted by Crippen LogP contribution is -2.46. The van der Waals surface area contributed by atoms with Gasteiger partial charge in [-0.2, -0.15) is 0 Å². The van der Waals surface area contributed by atoms with Crippen molar-refractivity contribution in [3.63, 3.8) is 0 Å². The standard InChI is InChI=1S/C12H18BrN3O2S3/c1-8-6-11(20-12(8)13)21(17,18)15-9-2-4-16(5-3-9)7-10(14)19/h6,9,15H,2-5,7H2,1H3,(H2,14,19). The summed E-state index contributed by atoms with van der Waals surface area (Å²) in [5.74, 6) is 0. The molecule has 1 fully saturated rings. The van der Waals surface area contributed by atoms with Crippen molar-refractivity contribution in [2.24, 2.45) is 5.73 Å². The van der Waals surface area contributed by atoms with Gasteiger partial charge in [0.2, 0.25) is 10.0 Å². The van der Waals surface area contributed by atoms with Crippen molar-refractivity contribution in [3.8, 4) is 0 Å². The van der Waals surface area contributed by atoms with Gasteiger partial charge in [-0.15, -0.1) is 11.3 Å². The average Bonchev–Trinajstić information content (AvgIpc) is 2.72. The first-order chi connectivity index (χ1) is 9.78. The Morgan fingerprint density at radius 3 is 2.67 bits per heavy atom. The van der Waals surface area contributed by atoms with Crippen molar-refractivity contribution in [1.82, 2.24) is 9.62 Å². The van der Waals surface area contributed by atoms with Gasteiger partial charge < -0.3 is 5.73 Å². The Labute approximate surface area is 143 Å². The molecule has 0 atom stereocenters. The average molecular weight is 412 g/mol. The molecule has 1 saturated heterocycles. The number of thiophene rings is 1. The molecule has 1 aromatic rings. The molecular weight excluding hydrogens is 394 g/mol. The molecule has 0 saturated carbocycles. The first kappa shape index (κ1) is 17.3. The van der Waals surface area contributed by atoms with Gasteiger partial charge in [0.1, 0.15) is 4.21 Å². The van der Waals surface area contributed by atoms with Crippen molar-refractivity contribution in [2.75, 3.05) is 19.6 Å². The number of hydrogen-bond acceptors (Lipinski definition) is 5. The van der Waals surface area contributed by atoms with E-state index < -0.39 is 10.0 Å². The quantitative estimate of drug-likeness (QED) is 0.722. The molecule has 0 spiro atoms. The molecule has 0 bridgehead atoms.